The molecule has 0 heterocycles. The summed E-state index contributed by atoms with van der Waals surface area (Å²) in [5, 5.41) is 0. The van der Waals surface area contributed by atoms with Gasteiger partial charge in [0.1, 0.15) is 0 Å². The molecule has 11 heavy (non-hydrogen) atoms. The third-order valence-electron chi connectivity index (χ3n) is 2.74. The molecule has 0 aliphatic heterocycles. The van der Waals surface area contributed by atoms with Crippen LogP contribution in [0, 0.1) is 0 Å². The summed E-state index contributed by atoms with van der Waals surface area (Å²) < 4.78 is 0. The van der Waals surface area contributed by atoms with Gasteiger partial charge in [-0.1, -0.05) is 0 Å². The van der Waals surface area contributed by atoms with E-state index in [1.165, 1.54) is 19.3 Å². The molecule has 0 aliphatic carbocycles. The van der Waals surface area contributed by atoms with Gasteiger partial charge in [0.2, 0.25) is 0 Å². The summed E-state index contributed by atoms with van der Waals surface area (Å²) >= 11 is 0. The van der Waals surface area contributed by atoms with E-state index in [1.807, 2.05) is 0 Å². The van der Waals surface area contributed by atoms with Gasteiger partial charge >= 0.3 is 72.0 Å². The Labute approximate surface area is 72.7 Å². The fraction of sp³-hybridized carbons (Fsp3) is 1.00. The minimum atomic E-state index is -1.25. The van der Waals surface area contributed by atoms with Gasteiger partial charge in [-0.15, -0.1) is 0 Å². The topological polar surface area (TPSA) is 0 Å². The van der Waals surface area contributed by atoms with Crippen molar-refractivity contribution in [2.24, 2.45) is 0 Å². The maximum absolute atomic E-state index is 2.48. The van der Waals surface area contributed by atoms with Gasteiger partial charge < -0.3 is 0 Å². The summed E-state index contributed by atoms with van der Waals surface area (Å²) in [6, 6.07) is 0. The van der Waals surface area contributed by atoms with E-state index in [0.29, 0.717) is 0 Å². The molecule has 0 aromatic rings. The van der Waals surface area contributed by atoms with Crippen LogP contribution in [0.5, 0.6) is 0 Å². The minimum absolute atomic E-state index is 0.945. The molecule has 1 atom stereocenters. The van der Waals surface area contributed by atoms with Crippen molar-refractivity contribution >= 4 is 6.60 Å². The molecule has 0 aromatic heterocycles. The number of hydrogen-bond acceptors (Lipinski definition) is 0. The fourth-order valence-corrected chi connectivity index (χ4v) is 2.23. The van der Waals surface area contributed by atoms with Crippen LogP contribution in [0.4, 0.5) is 0 Å². The molecular formula is C10H25P. The Morgan fingerprint density at radius 3 is 1.82 bits per heavy atom. The van der Waals surface area contributed by atoms with Gasteiger partial charge in [0.25, 0.3) is 0 Å². The molecule has 0 amide bonds. The zero-order chi connectivity index (χ0) is 9.15. The van der Waals surface area contributed by atoms with Crippen molar-refractivity contribution in [2.45, 2.75) is 38.8 Å². The molecule has 0 aliphatic rings. The molecule has 0 N–H and O–H groups in total. The van der Waals surface area contributed by atoms with Gasteiger partial charge in [-0.25, -0.2) is 0 Å². The molecular weight excluding hydrogens is 151 g/mol. The monoisotopic (exact) mass is 176 g/mol. The quantitative estimate of drug-likeness (QED) is 0.574. The first kappa shape index (κ1) is 11.4. The summed E-state index contributed by atoms with van der Waals surface area (Å²) in [5.41, 5.74) is 0.945. The van der Waals surface area contributed by atoms with E-state index in [1.54, 1.807) is 0 Å². The van der Waals surface area contributed by atoms with Crippen molar-refractivity contribution in [3.8, 4) is 0 Å². The molecule has 0 saturated carbocycles. The van der Waals surface area contributed by atoms with E-state index < -0.39 is 6.60 Å². The Balaban J connectivity index is 3.93. The molecule has 0 spiro atoms. The van der Waals surface area contributed by atoms with Crippen LogP contribution in [0.25, 0.3) is 0 Å². The molecule has 0 radical (unpaired) electrons. The van der Waals surface area contributed by atoms with Crippen LogP contribution < -0.4 is 0 Å². The van der Waals surface area contributed by atoms with E-state index in [0.717, 1.165) is 5.66 Å². The molecule has 1 heteroatoms. The summed E-state index contributed by atoms with van der Waals surface area (Å²) in [4.78, 5) is 0. The van der Waals surface area contributed by atoms with Crippen LogP contribution in [0.15, 0.2) is 0 Å². The van der Waals surface area contributed by atoms with Crippen LogP contribution in [0.3, 0.4) is 0 Å². The number of hydrogen-bond donors (Lipinski definition) is 0. The molecule has 0 aromatic carbocycles. The second-order valence-corrected chi connectivity index (χ2v) is 14.0. The van der Waals surface area contributed by atoms with Crippen LogP contribution >= 0.6 is 6.60 Å². The standard InChI is InChI=1S/C10H25P/c1-7-8-9-10(2)11(3,4,5)6/h10H,7-9H2,1-6H3. The van der Waals surface area contributed by atoms with Gasteiger partial charge in [0.15, 0.2) is 0 Å². The second-order valence-electron chi connectivity index (χ2n) is 5.71. The van der Waals surface area contributed by atoms with E-state index in [-0.39, 0.29) is 0 Å². The van der Waals surface area contributed by atoms with Crippen molar-refractivity contribution in [1.82, 2.24) is 0 Å². The van der Waals surface area contributed by atoms with Gasteiger partial charge in [0.05, 0.1) is 0 Å². The first-order chi connectivity index (χ1) is 4.74. The van der Waals surface area contributed by atoms with Crippen LogP contribution in [0.2, 0.25) is 0 Å². The van der Waals surface area contributed by atoms with Crippen LogP contribution in [-0.2, 0) is 0 Å². The van der Waals surface area contributed by atoms with Crippen LogP contribution in [0.1, 0.15) is 33.1 Å². The zero-order valence-electron chi connectivity index (χ0n) is 9.15. The molecule has 1 unspecified atom stereocenters. The van der Waals surface area contributed by atoms with Crippen molar-refractivity contribution in [3.05, 3.63) is 0 Å². The van der Waals surface area contributed by atoms with Gasteiger partial charge in [-0.05, 0) is 0 Å². The van der Waals surface area contributed by atoms with Crippen molar-refractivity contribution < 1.29 is 0 Å². The maximum atomic E-state index is 2.48. The zero-order valence-corrected chi connectivity index (χ0v) is 10.0. The number of unbranched alkanes of at least 4 members (excludes halogenated alkanes) is 1. The molecule has 0 saturated heterocycles. The van der Waals surface area contributed by atoms with Gasteiger partial charge in [-0.2, -0.15) is 0 Å². The first-order valence-electron chi connectivity index (χ1n) is 4.74. The van der Waals surface area contributed by atoms with Crippen molar-refractivity contribution in [2.75, 3.05) is 26.7 Å². The van der Waals surface area contributed by atoms with Crippen molar-refractivity contribution in [3.63, 3.8) is 0 Å². The average molecular weight is 176 g/mol. The normalized spacial score (nSPS) is 18.9. The fourth-order valence-electron chi connectivity index (χ4n) is 1.02. The van der Waals surface area contributed by atoms with E-state index in [9.17, 15) is 0 Å². The Morgan fingerprint density at radius 2 is 1.55 bits per heavy atom. The predicted octanol–water partition coefficient (Wildman–Crippen LogP) is 3.64. The Morgan fingerprint density at radius 1 is 1.09 bits per heavy atom. The third kappa shape index (κ3) is 4.80. The third-order valence-corrected chi connectivity index (χ3v) is 6.52. The summed E-state index contributed by atoms with van der Waals surface area (Å²) in [7, 11) is 0. The Bertz CT molecular complexity index is 109. The molecule has 0 bridgehead atoms. The summed E-state index contributed by atoms with van der Waals surface area (Å²) in [5.74, 6) is 0. The molecule has 70 valence electrons. The molecule has 0 fully saturated rings. The summed E-state index contributed by atoms with van der Waals surface area (Å²) in [6.07, 6.45) is 4.17. The SMILES string of the molecule is CCCCC(C)P(C)(C)(C)C. The van der Waals surface area contributed by atoms with E-state index in [4.69, 9.17) is 0 Å². The first-order valence-corrected chi connectivity index (χ1v) is 8.83. The summed E-state index contributed by atoms with van der Waals surface area (Å²) in [6.45, 7) is 13.4. The van der Waals surface area contributed by atoms with Crippen molar-refractivity contribution in [1.29, 1.82) is 0 Å². The van der Waals surface area contributed by atoms with Gasteiger partial charge in [0, 0.05) is 0 Å². The van der Waals surface area contributed by atoms with Crippen LogP contribution in [-0.4, -0.2) is 32.3 Å². The molecule has 0 rings (SSSR count). The number of rotatable bonds is 4. The second kappa shape index (κ2) is 3.44. The average Bonchev–Trinajstić information content (AvgIpc) is 1.78. The Kier molecular flexibility index (Phi) is 3.57. The van der Waals surface area contributed by atoms with E-state index in [2.05, 4.69) is 40.5 Å². The van der Waals surface area contributed by atoms with E-state index >= 15 is 0 Å². The van der Waals surface area contributed by atoms with Gasteiger partial charge in [-0.3, -0.25) is 0 Å². The Hall–Kier alpha value is 0.430. The molecule has 0 nitrogen and oxygen atoms in total. The predicted molar refractivity (Wildman–Crippen MR) is 59.6 cm³/mol.